The molecule has 13 aromatic rings. The van der Waals surface area contributed by atoms with Gasteiger partial charge in [-0.2, -0.15) is 0 Å². The van der Waals surface area contributed by atoms with Crippen LogP contribution in [0, 0.1) is 0 Å². The molecule has 0 atom stereocenters. The van der Waals surface area contributed by atoms with Gasteiger partial charge in [-0.3, -0.25) is 0 Å². The van der Waals surface area contributed by atoms with E-state index in [4.69, 9.17) is 0 Å². The van der Waals surface area contributed by atoms with Crippen molar-refractivity contribution in [1.82, 2.24) is 0 Å². The highest BCUT2D eigenvalue weighted by molar-refractivity contribution is 6.21. The Bertz CT molecular complexity index is 4250. The summed E-state index contributed by atoms with van der Waals surface area (Å²) in [6.45, 7) is 0. The van der Waals surface area contributed by atoms with Gasteiger partial charge in [-0.15, -0.1) is 0 Å². The quantitative estimate of drug-likeness (QED) is 0.133. The molecule has 2 aliphatic carbocycles. The minimum absolute atomic E-state index is 0.436. The van der Waals surface area contributed by atoms with E-state index in [0.717, 1.165) is 34.1 Å². The summed E-state index contributed by atoms with van der Waals surface area (Å²) in [6.07, 6.45) is 0. The van der Waals surface area contributed by atoms with E-state index in [2.05, 4.69) is 313 Å². The van der Waals surface area contributed by atoms with Crippen LogP contribution in [0.3, 0.4) is 0 Å². The highest BCUT2D eigenvalue weighted by Crippen LogP contribution is 2.63. The number of fused-ring (bicyclic) bond motifs is 12. The molecule has 1 spiro atoms. The molecule has 0 N–H and O–H groups in total. The zero-order valence-electron chi connectivity index (χ0n) is 42.3. The maximum atomic E-state index is 2.48. The van der Waals surface area contributed by atoms with Gasteiger partial charge in [-0.1, -0.05) is 237 Å². The molecule has 0 bridgehead atoms. The van der Waals surface area contributed by atoms with Gasteiger partial charge in [0.25, 0.3) is 0 Å². The molecule has 0 heterocycles. The Kier molecular flexibility index (Phi) is 10.5. The first-order valence-corrected chi connectivity index (χ1v) is 26.7. The van der Waals surface area contributed by atoms with E-state index in [-0.39, 0.29) is 0 Å². The van der Waals surface area contributed by atoms with Gasteiger partial charge in [-0.25, -0.2) is 0 Å². The van der Waals surface area contributed by atoms with E-state index in [9.17, 15) is 0 Å². The first-order valence-electron chi connectivity index (χ1n) is 26.7. The molecule has 15 rings (SSSR count). The average Bonchev–Trinajstić information content (AvgIpc) is 4.21. The number of para-hydroxylation sites is 3. The number of nitrogens with zero attached hydrogens (tertiary/aromatic N) is 2. The van der Waals surface area contributed by atoms with Crippen molar-refractivity contribution < 1.29 is 0 Å². The van der Waals surface area contributed by atoms with E-state index < -0.39 is 5.41 Å². The van der Waals surface area contributed by atoms with Gasteiger partial charge < -0.3 is 9.80 Å². The van der Waals surface area contributed by atoms with Crippen molar-refractivity contribution in [3.05, 3.63) is 326 Å². The number of rotatable bonds is 9. The molecule has 2 heteroatoms. The Morgan fingerprint density at radius 2 is 0.545 bits per heavy atom. The summed E-state index contributed by atoms with van der Waals surface area (Å²) in [7, 11) is 0. The molecule has 0 aliphatic heterocycles. The molecule has 0 amide bonds. The minimum Gasteiger partial charge on any atom is -0.310 e. The van der Waals surface area contributed by atoms with E-state index in [1.807, 2.05) is 0 Å². The summed E-state index contributed by atoms with van der Waals surface area (Å²) in [6, 6.07) is 112. The van der Waals surface area contributed by atoms with Crippen LogP contribution in [-0.2, 0) is 5.41 Å². The lowest BCUT2D eigenvalue weighted by Gasteiger charge is -2.32. The van der Waals surface area contributed by atoms with Crippen LogP contribution in [-0.4, -0.2) is 0 Å². The molecular weight excluding hydrogens is 929 g/mol. The van der Waals surface area contributed by atoms with Gasteiger partial charge in [0.15, 0.2) is 0 Å². The summed E-state index contributed by atoms with van der Waals surface area (Å²) in [5, 5.41) is 4.89. The Balaban J connectivity index is 0.844. The summed E-state index contributed by atoms with van der Waals surface area (Å²) < 4.78 is 0. The largest absolute Gasteiger partial charge is 0.310 e. The lowest BCUT2D eigenvalue weighted by Crippen LogP contribution is -2.26. The third-order valence-corrected chi connectivity index (χ3v) is 16.3. The fourth-order valence-electron chi connectivity index (χ4n) is 13.1. The molecule has 0 saturated carbocycles. The fraction of sp³-hybridized carbons (Fsp3) is 0.0133. The van der Waals surface area contributed by atoms with Crippen molar-refractivity contribution in [2.75, 3.05) is 9.80 Å². The zero-order chi connectivity index (χ0) is 50.9. The number of hydrogen-bond donors (Lipinski definition) is 0. The van der Waals surface area contributed by atoms with Gasteiger partial charge in [0.2, 0.25) is 0 Å². The van der Waals surface area contributed by atoms with Crippen molar-refractivity contribution >= 4 is 55.7 Å². The molecule has 13 aromatic carbocycles. The van der Waals surface area contributed by atoms with Crippen LogP contribution in [0.5, 0.6) is 0 Å². The van der Waals surface area contributed by atoms with Crippen LogP contribution in [0.15, 0.2) is 303 Å². The molecule has 0 saturated heterocycles. The van der Waals surface area contributed by atoms with Gasteiger partial charge >= 0.3 is 0 Å². The standard InChI is InChI=1S/C75H50N2/c1-4-22-51(23-5-1)59-28-17-21-39-72(59)77(55-26-8-3-9-27-55)57-46-42-53(43-47-57)74-66-34-12-10-32-64(66)73(65-33-11-13-35-67(65)74)52-40-44-56(45-41-52)76(54-24-6-2-7-25-54)58-48-49-63-62-31-16-20-38-70(62)75(71(63)50-58)68-36-18-14-29-60(68)61-30-15-19-37-69(61)75/h1-50H. The average molecular weight is 979 g/mol. The Morgan fingerprint density at radius 1 is 0.208 bits per heavy atom. The Morgan fingerprint density at radius 3 is 1.03 bits per heavy atom. The molecule has 2 nitrogen and oxygen atoms in total. The second kappa shape index (κ2) is 18.1. The minimum atomic E-state index is -0.436. The van der Waals surface area contributed by atoms with Crippen LogP contribution >= 0.6 is 0 Å². The van der Waals surface area contributed by atoms with Crippen molar-refractivity contribution in [3.8, 4) is 55.6 Å². The molecule has 0 radical (unpaired) electrons. The Labute approximate surface area is 449 Å². The zero-order valence-corrected chi connectivity index (χ0v) is 42.3. The molecule has 0 aromatic heterocycles. The van der Waals surface area contributed by atoms with E-state index in [1.54, 1.807) is 0 Å². The van der Waals surface area contributed by atoms with E-state index in [0.29, 0.717) is 0 Å². The first kappa shape index (κ1) is 44.5. The van der Waals surface area contributed by atoms with Crippen LogP contribution in [0.1, 0.15) is 22.3 Å². The summed E-state index contributed by atoms with van der Waals surface area (Å²) >= 11 is 0. The van der Waals surface area contributed by atoms with Crippen LogP contribution in [0.25, 0.3) is 77.2 Å². The maximum absolute atomic E-state index is 2.48. The molecule has 77 heavy (non-hydrogen) atoms. The lowest BCUT2D eigenvalue weighted by molar-refractivity contribution is 0.793. The predicted octanol–water partition coefficient (Wildman–Crippen LogP) is 20.3. The fourth-order valence-corrected chi connectivity index (χ4v) is 13.1. The predicted molar refractivity (Wildman–Crippen MR) is 323 cm³/mol. The monoisotopic (exact) mass is 978 g/mol. The normalized spacial score (nSPS) is 12.5. The topological polar surface area (TPSA) is 6.48 Å². The molecule has 0 fully saturated rings. The van der Waals surface area contributed by atoms with Crippen molar-refractivity contribution in [2.45, 2.75) is 5.41 Å². The third-order valence-electron chi connectivity index (χ3n) is 16.3. The van der Waals surface area contributed by atoms with Crippen LogP contribution < -0.4 is 9.80 Å². The van der Waals surface area contributed by atoms with Crippen molar-refractivity contribution in [3.63, 3.8) is 0 Å². The van der Waals surface area contributed by atoms with Gasteiger partial charge in [0, 0.05) is 34.0 Å². The summed E-state index contributed by atoms with van der Waals surface area (Å²) in [4.78, 5) is 4.80. The molecule has 2 aliphatic rings. The van der Waals surface area contributed by atoms with Crippen molar-refractivity contribution in [2.24, 2.45) is 0 Å². The van der Waals surface area contributed by atoms with Gasteiger partial charge in [0.1, 0.15) is 0 Å². The highest BCUT2D eigenvalue weighted by atomic mass is 15.1. The lowest BCUT2D eigenvalue weighted by atomic mass is 9.70. The first-order chi connectivity index (χ1) is 38.2. The highest BCUT2D eigenvalue weighted by Gasteiger charge is 2.51. The number of benzene rings is 13. The van der Waals surface area contributed by atoms with Crippen LogP contribution in [0.2, 0.25) is 0 Å². The molecular formula is C75H50N2. The number of anilines is 6. The summed E-state index contributed by atoms with van der Waals surface area (Å²) in [5.41, 5.74) is 24.0. The third kappa shape index (κ3) is 6.96. The molecule has 0 unspecified atom stereocenters. The second-order valence-corrected chi connectivity index (χ2v) is 20.3. The van der Waals surface area contributed by atoms with Gasteiger partial charge in [-0.05, 0) is 161 Å². The summed E-state index contributed by atoms with van der Waals surface area (Å²) in [5.74, 6) is 0. The molecule has 360 valence electrons. The van der Waals surface area contributed by atoms with Crippen LogP contribution in [0.4, 0.5) is 34.1 Å². The number of hydrogen-bond acceptors (Lipinski definition) is 2. The van der Waals surface area contributed by atoms with E-state index in [1.165, 1.54) is 99.4 Å². The van der Waals surface area contributed by atoms with Gasteiger partial charge in [0.05, 0.1) is 11.1 Å². The SMILES string of the molecule is c1ccc(-c2ccccc2N(c2ccccc2)c2ccc(-c3c4ccccc4c(-c4ccc(N(c5ccccc5)c5ccc6c(c5)C5(c7ccccc7-c7ccccc75)c5ccccc5-6)cc4)c4ccccc34)cc2)cc1. The maximum Gasteiger partial charge on any atom is 0.0726 e. The van der Waals surface area contributed by atoms with Crippen molar-refractivity contribution in [1.29, 1.82) is 0 Å². The Hall–Kier alpha value is -10.0. The second-order valence-electron chi connectivity index (χ2n) is 20.3. The smallest absolute Gasteiger partial charge is 0.0726 e. The van der Waals surface area contributed by atoms with E-state index >= 15 is 0 Å².